The van der Waals surface area contributed by atoms with Gasteiger partial charge in [-0.15, -0.1) is 16.4 Å². The molecule has 1 amide bonds. The fourth-order valence-corrected chi connectivity index (χ4v) is 2.64. The molecule has 6 nitrogen and oxygen atoms in total. The molecular formula is C15H13FN4O2S. The highest BCUT2D eigenvalue weighted by Crippen LogP contribution is 2.25. The van der Waals surface area contributed by atoms with Gasteiger partial charge in [-0.05, 0) is 36.6 Å². The van der Waals surface area contributed by atoms with Gasteiger partial charge in [-0.3, -0.25) is 9.63 Å². The summed E-state index contributed by atoms with van der Waals surface area (Å²) in [6.07, 6.45) is 0. The smallest absolute Gasteiger partial charge is 0.274 e. The molecule has 0 fully saturated rings. The van der Waals surface area contributed by atoms with Crippen molar-refractivity contribution in [3.8, 4) is 16.4 Å². The highest BCUT2D eigenvalue weighted by atomic mass is 32.1. The Bertz CT molecular complexity index is 817. The highest BCUT2D eigenvalue weighted by Gasteiger charge is 2.19. The van der Waals surface area contributed by atoms with Crippen molar-refractivity contribution in [3.63, 3.8) is 0 Å². The lowest BCUT2D eigenvalue weighted by molar-refractivity contribution is 0.0355. The lowest BCUT2D eigenvalue weighted by Crippen LogP contribution is -2.24. The van der Waals surface area contributed by atoms with Gasteiger partial charge >= 0.3 is 5.91 Å². The summed E-state index contributed by atoms with van der Waals surface area (Å²) in [5.41, 5.74) is 2.73. The number of carbonyl (C=O) groups excluding carboxylic acids is 1. The molecule has 2 aromatic heterocycles. The molecular weight excluding hydrogens is 319 g/mol. The molecule has 3 aromatic rings. The molecule has 0 spiro atoms. The number of halogens is 1. The Morgan fingerprint density at radius 3 is 2.96 bits per heavy atom. The predicted molar refractivity (Wildman–Crippen MR) is 83.7 cm³/mol. The average molecular weight is 332 g/mol. The van der Waals surface area contributed by atoms with Gasteiger partial charge in [-0.25, -0.2) is 19.5 Å². The summed E-state index contributed by atoms with van der Waals surface area (Å²) in [6.45, 7) is 2.07. The average Bonchev–Trinajstić information content (AvgIpc) is 3.21. The number of hydrogen-bond acceptors (Lipinski definition) is 5. The number of carbonyl (C=O) groups is 1. The van der Waals surface area contributed by atoms with E-state index in [1.807, 2.05) is 17.5 Å². The lowest BCUT2D eigenvalue weighted by atomic mass is 10.3. The van der Waals surface area contributed by atoms with Crippen molar-refractivity contribution in [2.24, 2.45) is 0 Å². The minimum absolute atomic E-state index is 0.0499. The first kappa shape index (κ1) is 15.3. The topological polar surface area (TPSA) is 69.0 Å². The highest BCUT2D eigenvalue weighted by molar-refractivity contribution is 7.13. The number of hydrogen-bond donors (Lipinski definition) is 1. The molecule has 0 atom stereocenters. The Morgan fingerprint density at radius 2 is 2.26 bits per heavy atom. The van der Waals surface area contributed by atoms with Crippen molar-refractivity contribution < 1.29 is 14.0 Å². The summed E-state index contributed by atoms with van der Waals surface area (Å²) < 4.78 is 14.9. The van der Waals surface area contributed by atoms with Crippen LogP contribution in [0, 0.1) is 5.82 Å². The van der Waals surface area contributed by atoms with E-state index in [4.69, 9.17) is 4.84 Å². The molecule has 118 valence electrons. The third kappa shape index (κ3) is 3.27. The first-order valence-electron chi connectivity index (χ1n) is 6.88. The van der Waals surface area contributed by atoms with E-state index in [2.05, 4.69) is 15.6 Å². The van der Waals surface area contributed by atoms with E-state index < -0.39 is 11.7 Å². The van der Waals surface area contributed by atoms with Crippen LogP contribution in [0.5, 0.6) is 0 Å². The fourth-order valence-electron chi connectivity index (χ4n) is 1.94. The third-order valence-corrected chi connectivity index (χ3v) is 3.78. The van der Waals surface area contributed by atoms with Crippen molar-refractivity contribution in [1.82, 2.24) is 20.2 Å². The number of hydroxylamine groups is 1. The minimum Gasteiger partial charge on any atom is -0.274 e. The maximum atomic E-state index is 13.5. The molecule has 2 heterocycles. The van der Waals surface area contributed by atoms with E-state index in [-0.39, 0.29) is 5.82 Å². The first-order valence-corrected chi connectivity index (χ1v) is 7.76. The van der Waals surface area contributed by atoms with E-state index in [0.29, 0.717) is 18.1 Å². The van der Waals surface area contributed by atoms with Crippen molar-refractivity contribution in [2.45, 2.75) is 6.92 Å². The molecule has 3 rings (SSSR count). The second-order valence-corrected chi connectivity index (χ2v) is 5.44. The van der Waals surface area contributed by atoms with Gasteiger partial charge in [-0.1, -0.05) is 12.1 Å². The Hall–Kier alpha value is -2.58. The molecule has 0 aliphatic rings. The molecule has 8 heteroatoms. The number of benzene rings is 1. The first-order chi connectivity index (χ1) is 11.2. The van der Waals surface area contributed by atoms with Crippen LogP contribution in [-0.4, -0.2) is 27.3 Å². The quantitative estimate of drug-likeness (QED) is 0.730. The summed E-state index contributed by atoms with van der Waals surface area (Å²) in [5, 5.41) is 6.07. The van der Waals surface area contributed by atoms with Gasteiger partial charge in [0.25, 0.3) is 0 Å². The van der Waals surface area contributed by atoms with Crippen LogP contribution in [-0.2, 0) is 4.84 Å². The largest absolute Gasteiger partial charge is 0.314 e. The van der Waals surface area contributed by atoms with Crippen molar-refractivity contribution >= 4 is 17.2 Å². The molecule has 0 bridgehead atoms. The van der Waals surface area contributed by atoms with Gasteiger partial charge in [0.05, 0.1) is 17.2 Å². The predicted octanol–water partition coefficient (Wildman–Crippen LogP) is 2.82. The maximum absolute atomic E-state index is 13.5. The Labute approximate surface area is 135 Å². The van der Waals surface area contributed by atoms with E-state index in [1.54, 1.807) is 19.1 Å². The zero-order valence-corrected chi connectivity index (χ0v) is 13.0. The molecule has 1 aromatic carbocycles. The number of amides is 1. The van der Waals surface area contributed by atoms with Crippen LogP contribution in [0.1, 0.15) is 17.5 Å². The zero-order valence-electron chi connectivity index (χ0n) is 12.2. The summed E-state index contributed by atoms with van der Waals surface area (Å²) in [5.74, 6) is -0.534. The zero-order chi connectivity index (χ0) is 16.2. The summed E-state index contributed by atoms with van der Waals surface area (Å²) in [6, 6.07) is 9.66. The van der Waals surface area contributed by atoms with Gasteiger partial charge in [0.2, 0.25) is 5.82 Å². The summed E-state index contributed by atoms with van der Waals surface area (Å²) >= 11 is 1.45. The SMILES string of the molecule is CCONC(=O)c1nc(-c2cccs2)n(-c2cccc(F)c2)n1. The van der Waals surface area contributed by atoms with Gasteiger partial charge in [0.15, 0.2) is 5.82 Å². The number of thiophene rings is 1. The molecule has 1 N–H and O–H groups in total. The van der Waals surface area contributed by atoms with Crippen LogP contribution >= 0.6 is 11.3 Å². The second kappa shape index (κ2) is 6.67. The van der Waals surface area contributed by atoms with Gasteiger partial charge in [0, 0.05) is 0 Å². The van der Waals surface area contributed by atoms with Gasteiger partial charge in [0.1, 0.15) is 5.82 Å². The van der Waals surface area contributed by atoms with Crippen LogP contribution in [0.3, 0.4) is 0 Å². The molecule has 0 unspecified atom stereocenters. The Kier molecular flexibility index (Phi) is 4.45. The molecule has 0 radical (unpaired) electrons. The van der Waals surface area contributed by atoms with E-state index in [0.717, 1.165) is 4.88 Å². The van der Waals surface area contributed by atoms with Crippen LogP contribution in [0.25, 0.3) is 16.4 Å². The summed E-state index contributed by atoms with van der Waals surface area (Å²) in [7, 11) is 0. The Balaban J connectivity index is 2.06. The normalized spacial score (nSPS) is 10.7. The van der Waals surface area contributed by atoms with Crippen LogP contribution < -0.4 is 5.48 Å². The standard InChI is InChI=1S/C15H13FN4O2S/c1-2-22-19-15(21)13-17-14(12-7-4-8-23-12)20(18-13)11-6-3-5-10(16)9-11/h3-9H,2H2,1H3,(H,19,21). The molecule has 0 aliphatic heterocycles. The second-order valence-electron chi connectivity index (χ2n) is 4.49. The number of rotatable bonds is 5. The van der Waals surface area contributed by atoms with E-state index >= 15 is 0 Å². The molecule has 0 saturated carbocycles. The minimum atomic E-state index is -0.556. The maximum Gasteiger partial charge on any atom is 0.314 e. The molecule has 0 saturated heterocycles. The van der Waals surface area contributed by atoms with Gasteiger partial charge in [-0.2, -0.15) is 0 Å². The van der Waals surface area contributed by atoms with Gasteiger partial charge < -0.3 is 0 Å². The van der Waals surface area contributed by atoms with Crippen molar-refractivity contribution in [1.29, 1.82) is 0 Å². The lowest BCUT2D eigenvalue weighted by Gasteiger charge is -2.04. The molecule has 0 aliphatic carbocycles. The van der Waals surface area contributed by atoms with Crippen LogP contribution in [0.15, 0.2) is 41.8 Å². The number of nitrogens with zero attached hydrogens (tertiary/aromatic N) is 3. The fraction of sp³-hybridized carbons (Fsp3) is 0.133. The monoisotopic (exact) mass is 332 g/mol. The van der Waals surface area contributed by atoms with Crippen LogP contribution in [0.4, 0.5) is 4.39 Å². The van der Waals surface area contributed by atoms with Crippen molar-refractivity contribution in [3.05, 3.63) is 53.4 Å². The molecule has 23 heavy (non-hydrogen) atoms. The number of aromatic nitrogens is 3. The number of nitrogens with one attached hydrogen (secondary N) is 1. The summed E-state index contributed by atoms with van der Waals surface area (Å²) in [4.78, 5) is 21.9. The van der Waals surface area contributed by atoms with Crippen molar-refractivity contribution in [2.75, 3.05) is 6.61 Å². The van der Waals surface area contributed by atoms with E-state index in [9.17, 15) is 9.18 Å². The van der Waals surface area contributed by atoms with E-state index in [1.165, 1.54) is 28.2 Å². The Morgan fingerprint density at radius 1 is 1.39 bits per heavy atom. The third-order valence-electron chi connectivity index (χ3n) is 2.91. The van der Waals surface area contributed by atoms with Crippen LogP contribution in [0.2, 0.25) is 0 Å².